The third-order valence-corrected chi connectivity index (χ3v) is 5.67. The number of aromatic nitrogens is 3. The van der Waals surface area contributed by atoms with Crippen LogP contribution < -0.4 is 10.5 Å². The highest BCUT2D eigenvalue weighted by Gasteiger charge is 2.62. The molecule has 2 heterocycles. The first-order chi connectivity index (χ1) is 13.8. The zero-order valence-corrected chi connectivity index (χ0v) is 17.8. The Bertz CT molecular complexity index is 994. The minimum atomic E-state index is -0.739. The summed E-state index contributed by atoms with van der Waals surface area (Å²) in [5, 5.41) is 4.07. The molecular weight excluding hydrogens is 411 g/mol. The van der Waals surface area contributed by atoms with Crippen LogP contribution in [0, 0.1) is 11.2 Å². The van der Waals surface area contributed by atoms with Gasteiger partial charge in [0.15, 0.2) is 0 Å². The summed E-state index contributed by atoms with van der Waals surface area (Å²) in [6, 6.07) is 9.18. The number of rotatable bonds is 6. The van der Waals surface area contributed by atoms with Gasteiger partial charge in [-0.1, -0.05) is 19.0 Å². The molecule has 4 rings (SSSR count). The smallest absolute Gasteiger partial charge is 0.247 e. The van der Waals surface area contributed by atoms with Crippen molar-refractivity contribution in [2.45, 2.75) is 38.8 Å². The van der Waals surface area contributed by atoms with Crippen LogP contribution in [0.1, 0.15) is 33.1 Å². The molecule has 160 valence electrons. The van der Waals surface area contributed by atoms with Crippen molar-refractivity contribution in [3.05, 3.63) is 54.3 Å². The van der Waals surface area contributed by atoms with Gasteiger partial charge in [0.25, 0.3) is 0 Å². The lowest BCUT2D eigenvalue weighted by atomic mass is 9.54. The van der Waals surface area contributed by atoms with Gasteiger partial charge in [-0.25, -0.2) is 9.37 Å². The normalized spacial score (nSPS) is 22.1. The van der Waals surface area contributed by atoms with Crippen molar-refractivity contribution in [1.29, 1.82) is 0 Å². The molecule has 1 saturated carbocycles. The summed E-state index contributed by atoms with van der Waals surface area (Å²) < 4.78 is 29.8. The van der Waals surface area contributed by atoms with Crippen molar-refractivity contribution in [2.75, 3.05) is 6.61 Å². The Labute approximate surface area is 180 Å². The van der Waals surface area contributed by atoms with E-state index in [1.807, 2.05) is 20.8 Å². The molecule has 0 bridgehead atoms. The fourth-order valence-electron chi connectivity index (χ4n) is 3.52. The third kappa shape index (κ3) is 3.78. The van der Waals surface area contributed by atoms with Crippen LogP contribution >= 0.6 is 12.4 Å². The fraction of sp³-hybridized carbons (Fsp3) is 0.381. The van der Waals surface area contributed by atoms with Crippen LogP contribution in [0.5, 0.6) is 11.6 Å². The lowest BCUT2D eigenvalue weighted by Gasteiger charge is -2.56. The second kappa shape index (κ2) is 8.29. The summed E-state index contributed by atoms with van der Waals surface area (Å²) in [6.45, 7) is 6.69. The Hall–Kier alpha value is -2.55. The van der Waals surface area contributed by atoms with E-state index >= 15 is 0 Å². The first-order valence-corrected chi connectivity index (χ1v) is 9.48. The SMILES string of the molecule is CCOC1CC(N)(c2nc(-c3ccc(Oc4ccc(F)cc4)nc3)no2)C1(C)C.Cl. The highest BCUT2D eigenvalue weighted by Crippen LogP contribution is 2.55. The number of benzene rings is 1. The predicted octanol–water partition coefficient (Wildman–Crippen LogP) is 4.47. The molecule has 30 heavy (non-hydrogen) atoms. The number of hydrogen-bond acceptors (Lipinski definition) is 7. The molecular formula is C21H24ClFN4O3. The summed E-state index contributed by atoms with van der Waals surface area (Å²) in [4.78, 5) is 8.76. The monoisotopic (exact) mass is 434 g/mol. The van der Waals surface area contributed by atoms with E-state index in [4.69, 9.17) is 19.7 Å². The van der Waals surface area contributed by atoms with Gasteiger partial charge in [0.2, 0.25) is 17.6 Å². The van der Waals surface area contributed by atoms with Gasteiger partial charge in [0.05, 0.1) is 6.10 Å². The van der Waals surface area contributed by atoms with E-state index in [9.17, 15) is 4.39 Å². The van der Waals surface area contributed by atoms with Crippen molar-refractivity contribution >= 4 is 12.4 Å². The van der Waals surface area contributed by atoms with Crippen LogP contribution in [0.2, 0.25) is 0 Å². The van der Waals surface area contributed by atoms with Crippen LogP contribution in [0.15, 0.2) is 47.1 Å². The average molecular weight is 435 g/mol. The summed E-state index contributed by atoms with van der Waals surface area (Å²) in [5.41, 5.74) is 6.21. The van der Waals surface area contributed by atoms with E-state index in [1.165, 1.54) is 24.3 Å². The molecule has 1 aliphatic carbocycles. The van der Waals surface area contributed by atoms with Crippen LogP contribution in [0.3, 0.4) is 0 Å². The maximum Gasteiger partial charge on any atom is 0.247 e. The topological polar surface area (TPSA) is 96.3 Å². The molecule has 0 aliphatic heterocycles. The van der Waals surface area contributed by atoms with Gasteiger partial charge >= 0.3 is 0 Å². The standard InChI is InChI=1S/C21H23FN4O3.ClH/c1-4-27-16-11-21(23,20(16,2)3)19-25-18(26-29-19)13-5-10-17(24-12-13)28-15-8-6-14(22)7-9-15;/h5-10,12,16H,4,11,23H2,1-3H3;1H. The van der Waals surface area contributed by atoms with E-state index in [1.54, 1.807) is 18.3 Å². The lowest BCUT2D eigenvalue weighted by Crippen LogP contribution is -2.67. The molecule has 3 aromatic rings. The summed E-state index contributed by atoms with van der Waals surface area (Å²) >= 11 is 0. The van der Waals surface area contributed by atoms with Crippen molar-refractivity contribution in [3.8, 4) is 23.0 Å². The number of halogens is 2. The van der Waals surface area contributed by atoms with Gasteiger partial charge < -0.3 is 19.7 Å². The highest BCUT2D eigenvalue weighted by atomic mass is 35.5. The van der Waals surface area contributed by atoms with Crippen molar-refractivity contribution in [2.24, 2.45) is 11.1 Å². The van der Waals surface area contributed by atoms with Gasteiger partial charge in [-0.2, -0.15) is 4.98 Å². The number of nitrogens with zero attached hydrogens (tertiary/aromatic N) is 3. The number of nitrogens with two attached hydrogens (primary N) is 1. The molecule has 0 radical (unpaired) electrons. The van der Waals surface area contributed by atoms with Gasteiger partial charge in [0, 0.05) is 36.3 Å². The van der Waals surface area contributed by atoms with Crippen molar-refractivity contribution < 1.29 is 18.4 Å². The quantitative estimate of drug-likeness (QED) is 0.611. The second-order valence-electron chi connectivity index (χ2n) is 7.71. The van der Waals surface area contributed by atoms with Gasteiger partial charge in [-0.15, -0.1) is 12.4 Å². The molecule has 0 saturated heterocycles. The largest absolute Gasteiger partial charge is 0.439 e. The molecule has 1 aromatic carbocycles. The van der Waals surface area contributed by atoms with E-state index in [-0.39, 0.29) is 29.7 Å². The van der Waals surface area contributed by atoms with Crippen LogP contribution in [-0.4, -0.2) is 27.8 Å². The highest BCUT2D eigenvalue weighted by molar-refractivity contribution is 5.85. The molecule has 9 heteroatoms. The van der Waals surface area contributed by atoms with E-state index in [0.29, 0.717) is 41.9 Å². The summed E-state index contributed by atoms with van der Waals surface area (Å²) in [7, 11) is 0. The van der Waals surface area contributed by atoms with Crippen LogP contribution in [0.4, 0.5) is 4.39 Å². The van der Waals surface area contributed by atoms with Crippen LogP contribution in [-0.2, 0) is 10.3 Å². The van der Waals surface area contributed by atoms with Gasteiger partial charge in [-0.05, 0) is 37.3 Å². The van der Waals surface area contributed by atoms with Gasteiger partial charge in [-0.3, -0.25) is 0 Å². The average Bonchev–Trinajstić information content (AvgIpc) is 3.20. The van der Waals surface area contributed by atoms with E-state index in [2.05, 4.69) is 15.1 Å². The number of hydrogen-bond donors (Lipinski definition) is 1. The minimum Gasteiger partial charge on any atom is -0.439 e. The minimum absolute atomic E-state index is 0. The Morgan fingerprint density at radius 1 is 1.20 bits per heavy atom. The molecule has 2 unspecified atom stereocenters. The van der Waals surface area contributed by atoms with E-state index < -0.39 is 5.54 Å². The molecule has 0 amide bonds. The summed E-state index contributed by atoms with van der Waals surface area (Å²) in [6.07, 6.45) is 2.27. The first kappa shape index (κ1) is 22.1. The molecule has 7 nitrogen and oxygen atoms in total. The molecule has 2 N–H and O–H groups in total. The number of ether oxygens (including phenoxy) is 2. The van der Waals surface area contributed by atoms with Crippen molar-refractivity contribution in [3.63, 3.8) is 0 Å². The molecule has 1 fully saturated rings. The summed E-state index contributed by atoms with van der Waals surface area (Å²) in [5.74, 6) is 1.34. The fourth-order valence-corrected chi connectivity index (χ4v) is 3.52. The number of pyridine rings is 1. The Balaban J connectivity index is 0.00000256. The Kier molecular flexibility index (Phi) is 6.12. The first-order valence-electron chi connectivity index (χ1n) is 9.48. The Morgan fingerprint density at radius 3 is 2.53 bits per heavy atom. The maximum absolute atomic E-state index is 13.0. The van der Waals surface area contributed by atoms with E-state index in [0.717, 1.165) is 0 Å². The lowest BCUT2D eigenvalue weighted by molar-refractivity contribution is -0.162. The molecule has 2 aromatic heterocycles. The molecule has 1 aliphatic rings. The molecule has 2 atom stereocenters. The zero-order valence-electron chi connectivity index (χ0n) is 17.0. The zero-order chi connectivity index (χ0) is 20.6. The predicted molar refractivity (Wildman–Crippen MR) is 111 cm³/mol. The molecule has 0 spiro atoms. The van der Waals surface area contributed by atoms with Gasteiger partial charge in [0.1, 0.15) is 17.1 Å². The third-order valence-electron chi connectivity index (χ3n) is 5.67. The van der Waals surface area contributed by atoms with Crippen LogP contribution in [0.25, 0.3) is 11.4 Å². The second-order valence-corrected chi connectivity index (χ2v) is 7.71. The Morgan fingerprint density at radius 2 is 1.93 bits per heavy atom. The van der Waals surface area contributed by atoms with Crippen molar-refractivity contribution in [1.82, 2.24) is 15.1 Å². The maximum atomic E-state index is 13.0.